The lowest BCUT2D eigenvalue weighted by Gasteiger charge is -2.09. The Bertz CT molecular complexity index is 606. The first-order valence-electron chi connectivity index (χ1n) is 5.77. The van der Waals surface area contributed by atoms with E-state index in [1.54, 1.807) is 12.1 Å². The van der Waals surface area contributed by atoms with Crippen LogP contribution in [0.1, 0.15) is 5.56 Å². The summed E-state index contributed by atoms with van der Waals surface area (Å²) < 4.78 is 0. The van der Waals surface area contributed by atoms with Crippen LogP contribution in [-0.2, 0) is 6.42 Å². The number of nitrogens with two attached hydrogens (primary N) is 1. The van der Waals surface area contributed by atoms with Gasteiger partial charge in [-0.3, -0.25) is 5.43 Å². The van der Waals surface area contributed by atoms with Gasteiger partial charge in [0.1, 0.15) is 5.02 Å². The van der Waals surface area contributed by atoms with Crippen molar-refractivity contribution in [3.05, 3.63) is 45.0 Å². The molecule has 0 saturated heterocycles. The standard InChI is InChI=1S/C12H12Cl3N5/c13-8-2-1-7(9(14)5-8)3-4-17-11-10(15)6-18-12(19-11)20-16/h1-2,5-6H,3-4,16H2,(H2,17,18,19,20). The van der Waals surface area contributed by atoms with Gasteiger partial charge < -0.3 is 5.32 Å². The van der Waals surface area contributed by atoms with E-state index in [0.717, 1.165) is 5.56 Å². The molecule has 0 atom stereocenters. The second-order valence-electron chi connectivity index (χ2n) is 3.95. The molecule has 5 nitrogen and oxygen atoms in total. The van der Waals surface area contributed by atoms with Crippen LogP contribution >= 0.6 is 34.8 Å². The van der Waals surface area contributed by atoms with E-state index in [2.05, 4.69) is 20.7 Å². The van der Waals surface area contributed by atoms with Gasteiger partial charge in [-0.2, -0.15) is 4.98 Å². The van der Waals surface area contributed by atoms with Crippen LogP contribution in [0, 0.1) is 0 Å². The fourth-order valence-corrected chi connectivity index (χ4v) is 2.26. The maximum atomic E-state index is 6.10. The van der Waals surface area contributed by atoms with Gasteiger partial charge in [-0.15, -0.1) is 0 Å². The van der Waals surface area contributed by atoms with E-state index in [-0.39, 0.29) is 0 Å². The first kappa shape index (κ1) is 15.1. The molecule has 0 spiro atoms. The van der Waals surface area contributed by atoms with Gasteiger partial charge in [-0.05, 0) is 24.1 Å². The highest BCUT2D eigenvalue weighted by Gasteiger charge is 2.05. The first-order valence-corrected chi connectivity index (χ1v) is 6.90. The van der Waals surface area contributed by atoms with Gasteiger partial charge in [-0.25, -0.2) is 10.8 Å². The third kappa shape index (κ3) is 3.86. The van der Waals surface area contributed by atoms with Gasteiger partial charge in [0.05, 0.1) is 6.20 Å². The average molecular weight is 333 g/mol. The maximum Gasteiger partial charge on any atom is 0.239 e. The normalized spacial score (nSPS) is 10.4. The molecule has 20 heavy (non-hydrogen) atoms. The number of nitrogens with one attached hydrogen (secondary N) is 2. The number of hydrazine groups is 1. The van der Waals surface area contributed by atoms with Crippen LogP contribution in [0.25, 0.3) is 0 Å². The predicted molar refractivity (Wildman–Crippen MR) is 83.5 cm³/mol. The number of anilines is 2. The quantitative estimate of drug-likeness (QED) is 0.578. The summed E-state index contributed by atoms with van der Waals surface area (Å²) in [5.41, 5.74) is 3.35. The molecule has 106 valence electrons. The molecule has 1 aromatic heterocycles. The third-order valence-corrected chi connectivity index (χ3v) is 3.44. The SMILES string of the molecule is NNc1ncc(Cl)c(NCCc2ccc(Cl)cc2Cl)n1. The van der Waals surface area contributed by atoms with Gasteiger partial charge in [-0.1, -0.05) is 40.9 Å². The molecule has 1 heterocycles. The number of aromatic nitrogens is 2. The minimum Gasteiger partial charge on any atom is -0.368 e. The van der Waals surface area contributed by atoms with E-state index >= 15 is 0 Å². The summed E-state index contributed by atoms with van der Waals surface area (Å²) in [4.78, 5) is 8.01. The van der Waals surface area contributed by atoms with Crippen molar-refractivity contribution in [3.8, 4) is 0 Å². The van der Waals surface area contributed by atoms with E-state index in [9.17, 15) is 0 Å². The highest BCUT2D eigenvalue weighted by Crippen LogP contribution is 2.22. The van der Waals surface area contributed by atoms with Crippen molar-refractivity contribution in [3.63, 3.8) is 0 Å². The molecule has 8 heteroatoms. The van der Waals surface area contributed by atoms with Crippen molar-refractivity contribution >= 4 is 46.6 Å². The second-order valence-corrected chi connectivity index (χ2v) is 5.20. The Morgan fingerprint density at radius 1 is 1.15 bits per heavy atom. The molecule has 0 bridgehead atoms. The zero-order chi connectivity index (χ0) is 14.5. The Hall–Kier alpha value is -1.27. The summed E-state index contributed by atoms with van der Waals surface area (Å²) in [5, 5.41) is 4.78. The number of halogens is 3. The monoisotopic (exact) mass is 331 g/mol. The van der Waals surface area contributed by atoms with Crippen molar-refractivity contribution < 1.29 is 0 Å². The highest BCUT2D eigenvalue weighted by atomic mass is 35.5. The molecular formula is C12H12Cl3N5. The molecule has 4 N–H and O–H groups in total. The zero-order valence-corrected chi connectivity index (χ0v) is 12.6. The summed E-state index contributed by atoms with van der Waals surface area (Å²) in [5.74, 6) is 6.05. The van der Waals surface area contributed by atoms with E-state index in [1.807, 2.05) is 6.07 Å². The number of benzene rings is 1. The smallest absolute Gasteiger partial charge is 0.239 e. The number of hydrogen-bond acceptors (Lipinski definition) is 5. The number of rotatable bonds is 5. The van der Waals surface area contributed by atoms with Crippen LogP contribution in [0.15, 0.2) is 24.4 Å². The highest BCUT2D eigenvalue weighted by molar-refractivity contribution is 6.35. The molecule has 0 fully saturated rings. The molecule has 0 radical (unpaired) electrons. The minimum absolute atomic E-state index is 0.293. The topological polar surface area (TPSA) is 75.9 Å². The molecular weight excluding hydrogens is 321 g/mol. The van der Waals surface area contributed by atoms with Crippen molar-refractivity contribution in [2.24, 2.45) is 5.84 Å². The summed E-state index contributed by atoms with van der Waals surface area (Å²) in [7, 11) is 0. The lowest BCUT2D eigenvalue weighted by atomic mass is 10.1. The number of nitrogens with zero attached hydrogens (tertiary/aromatic N) is 2. The molecule has 0 aliphatic carbocycles. The molecule has 1 aromatic carbocycles. The van der Waals surface area contributed by atoms with E-state index in [4.69, 9.17) is 40.6 Å². The van der Waals surface area contributed by atoms with E-state index in [1.165, 1.54) is 6.20 Å². The molecule has 0 aliphatic heterocycles. The van der Waals surface area contributed by atoms with Crippen LogP contribution in [0.4, 0.5) is 11.8 Å². The lowest BCUT2D eigenvalue weighted by molar-refractivity contribution is 0.997. The lowest BCUT2D eigenvalue weighted by Crippen LogP contribution is -2.13. The van der Waals surface area contributed by atoms with Crippen LogP contribution in [-0.4, -0.2) is 16.5 Å². The fraction of sp³-hybridized carbons (Fsp3) is 0.167. The largest absolute Gasteiger partial charge is 0.368 e. The van der Waals surface area contributed by atoms with Crippen molar-refractivity contribution in [1.29, 1.82) is 0 Å². The number of nitrogen functional groups attached to an aromatic ring is 1. The summed E-state index contributed by atoms with van der Waals surface area (Å²) in [6.07, 6.45) is 2.18. The van der Waals surface area contributed by atoms with Crippen molar-refractivity contribution in [2.75, 3.05) is 17.3 Å². The van der Waals surface area contributed by atoms with Gasteiger partial charge in [0.2, 0.25) is 5.95 Å². The summed E-state index contributed by atoms with van der Waals surface area (Å²) >= 11 is 17.9. The molecule has 0 unspecified atom stereocenters. The van der Waals surface area contributed by atoms with Crippen LogP contribution in [0.5, 0.6) is 0 Å². The minimum atomic E-state index is 0.293. The molecule has 2 rings (SSSR count). The fourth-order valence-electron chi connectivity index (χ4n) is 1.60. The summed E-state index contributed by atoms with van der Waals surface area (Å²) in [6.45, 7) is 0.613. The van der Waals surface area contributed by atoms with E-state index in [0.29, 0.717) is 39.8 Å². The van der Waals surface area contributed by atoms with E-state index < -0.39 is 0 Å². The predicted octanol–water partition coefficient (Wildman–Crippen LogP) is 3.38. The maximum absolute atomic E-state index is 6.10. The Kier molecular flexibility index (Phi) is 5.25. The number of hydrogen-bond donors (Lipinski definition) is 3. The molecule has 0 amide bonds. The summed E-state index contributed by atoms with van der Waals surface area (Å²) in [6, 6.07) is 5.41. The molecule has 0 saturated carbocycles. The van der Waals surface area contributed by atoms with Gasteiger partial charge in [0.25, 0.3) is 0 Å². The third-order valence-electron chi connectivity index (χ3n) is 2.58. The van der Waals surface area contributed by atoms with Crippen LogP contribution < -0.4 is 16.6 Å². The zero-order valence-electron chi connectivity index (χ0n) is 10.3. The van der Waals surface area contributed by atoms with Crippen LogP contribution in [0.3, 0.4) is 0 Å². The van der Waals surface area contributed by atoms with Gasteiger partial charge in [0.15, 0.2) is 5.82 Å². The first-order chi connectivity index (χ1) is 9.60. The second kappa shape index (κ2) is 6.95. The van der Waals surface area contributed by atoms with Gasteiger partial charge >= 0.3 is 0 Å². The Balaban J connectivity index is 1.99. The molecule has 0 aliphatic rings. The van der Waals surface area contributed by atoms with Crippen LogP contribution in [0.2, 0.25) is 15.1 Å². The Morgan fingerprint density at radius 3 is 2.65 bits per heavy atom. The van der Waals surface area contributed by atoms with Crippen molar-refractivity contribution in [1.82, 2.24) is 9.97 Å². The van der Waals surface area contributed by atoms with Crippen molar-refractivity contribution in [2.45, 2.75) is 6.42 Å². The Labute approximate surface area is 131 Å². The molecule has 2 aromatic rings. The Morgan fingerprint density at radius 2 is 1.95 bits per heavy atom. The van der Waals surface area contributed by atoms with Gasteiger partial charge in [0, 0.05) is 16.6 Å². The average Bonchev–Trinajstić information content (AvgIpc) is 2.43.